The van der Waals surface area contributed by atoms with Crippen molar-refractivity contribution in [2.24, 2.45) is 0 Å². The summed E-state index contributed by atoms with van der Waals surface area (Å²) >= 11 is 0. The Morgan fingerprint density at radius 3 is 2.50 bits per heavy atom. The van der Waals surface area contributed by atoms with Crippen LogP contribution in [0.4, 0.5) is 0 Å². The molecule has 14 heavy (non-hydrogen) atoms. The van der Waals surface area contributed by atoms with Crippen LogP contribution in [0.5, 0.6) is 0 Å². The highest BCUT2D eigenvalue weighted by atomic mass is 16.5. The molecule has 0 aromatic heterocycles. The van der Waals surface area contributed by atoms with Crippen molar-refractivity contribution in [3.8, 4) is 0 Å². The van der Waals surface area contributed by atoms with Gasteiger partial charge in [0.15, 0.2) is 0 Å². The summed E-state index contributed by atoms with van der Waals surface area (Å²) in [7, 11) is 0. The van der Waals surface area contributed by atoms with Gasteiger partial charge in [-0.2, -0.15) is 0 Å². The molecule has 2 heteroatoms. The van der Waals surface area contributed by atoms with Crippen molar-refractivity contribution in [1.82, 2.24) is 5.32 Å². The van der Waals surface area contributed by atoms with Crippen LogP contribution in [0.3, 0.4) is 0 Å². The Labute approximate surface area is 87.4 Å². The zero-order chi connectivity index (χ0) is 9.80. The summed E-state index contributed by atoms with van der Waals surface area (Å²) in [6.07, 6.45) is 10.4. The average molecular weight is 197 g/mol. The maximum absolute atomic E-state index is 6.01. The Morgan fingerprint density at radius 1 is 1.14 bits per heavy atom. The van der Waals surface area contributed by atoms with E-state index in [1.807, 2.05) is 0 Å². The molecule has 0 aliphatic heterocycles. The third kappa shape index (κ3) is 3.58. The predicted molar refractivity (Wildman–Crippen MR) is 58.4 cm³/mol. The standard InChI is InChI=1S/C12H23NO/c1-10(9-13-11-7-8-11)14-12-5-3-2-4-6-12/h10-13H,2-9H2,1H3. The number of hydrogen-bond acceptors (Lipinski definition) is 2. The maximum Gasteiger partial charge on any atom is 0.0675 e. The minimum atomic E-state index is 0.402. The zero-order valence-corrected chi connectivity index (χ0v) is 9.30. The van der Waals surface area contributed by atoms with E-state index in [-0.39, 0.29) is 0 Å². The van der Waals surface area contributed by atoms with Crippen LogP contribution in [0.1, 0.15) is 51.9 Å². The van der Waals surface area contributed by atoms with Crippen molar-refractivity contribution in [2.45, 2.75) is 70.1 Å². The van der Waals surface area contributed by atoms with Crippen molar-refractivity contribution in [1.29, 1.82) is 0 Å². The molecular weight excluding hydrogens is 174 g/mol. The molecule has 2 nitrogen and oxygen atoms in total. The van der Waals surface area contributed by atoms with E-state index in [1.165, 1.54) is 44.9 Å². The molecule has 2 aliphatic carbocycles. The summed E-state index contributed by atoms with van der Waals surface area (Å²) in [5.74, 6) is 0. The van der Waals surface area contributed by atoms with Crippen molar-refractivity contribution >= 4 is 0 Å². The van der Waals surface area contributed by atoms with Gasteiger partial charge in [0.25, 0.3) is 0 Å². The van der Waals surface area contributed by atoms with Crippen LogP contribution >= 0.6 is 0 Å². The molecular formula is C12H23NO. The molecule has 2 aliphatic rings. The van der Waals surface area contributed by atoms with Gasteiger partial charge in [-0.25, -0.2) is 0 Å². The monoisotopic (exact) mass is 197 g/mol. The Bertz CT molecular complexity index is 162. The Kier molecular flexibility index (Phi) is 3.82. The van der Waals surface area contributed by atoms with E-state index >= 15 is 0 Å². The van der Waals surface area contributed by atoms with Crippen LogP contribution in [0.2, 0.25) is 0 Å². The van der Waals surface area contributed by atoms with E-state index < -0.39 is 0 Å². The van der Waals surface area contributed by atoms with E-state index in [0.717, 1.165) is 12.6 Å². The van der Waals surface area contributed by atoms with Gasteiger partial charge >= 0.3 is 0 Å². The van der Waals surface area contributed by atoms with E-state index in [9.17, 15) is 0 Å². The minimum absolute atomic E-state index is 0.402. The highest BCUT2D eigenvalue weighted by Crippen LogP contribution is 2.22. The van der Waals surface area contributed by atoms with E-state index in [2.05, 4.69) is 12.2 Å². The molecule has 1 atom stereocenters. The molecule has 0 amide bonds. The van der Waals surface area contributed by atoms with E-state index in [1.54, 1.807) is 0 Å². The van der Waals surface area contributed by atoms with Gasteiger partial charge in [0.1, 0.15) is 0 Å². The van der Waals surface area contributed by atoms with Gasteiger partial charge in [0.05, 0.1) is 12.2 Å². The summed E-state index contributed by atoms with van der Waals surface area (Å²) in [5, 5.41) is 3.52. The van der Waals surface area contributed by atoms with Crippen LogP contribution in [0.25, 0.3) is 0 Å². The highest BCUT2D eigenvalue weighted by Gasteiger charge is 2.22. The highest BCUT2D eigenvalue weighted by molar-refractivity contribution is 4.81. The quantitative estimate of drug-likeness (QED) is 0.731. The summed E-state index contributed by atoms with van der Waals surface area (Å²) in [4.78, 5) is 0. The lowest BCUT2D eigenvalue weighted by atomic mass is 9.98. The normalized spacial score (nSPS) is 26.4. The molecule has 0 saturated heterocycles. The second-order valence-electron chi connectivity index (χ2n) is 4.89. The van der Waals surface area contributed by atoms with Gasteiger partial charge < -0.3 is 10.1 Å². The second kappa shape index (κ2) is 5.13. The van der Waals surface area contributed by atoms with Gasteiger partial charge in [-0.05, 0) is 32.6 Å². The van der Waals surface area contributed by atoms with Gasteiger partial charge in [0.2, 0.25) is 0 Å². The molecule has 0 aromatic carbocycles. The molecule has 1 N–H and O–H groups in total. The molecule has 0 spiro atoms. The minimum Gasteiger partial charge on any atom is -0.374 e. The molecule has 2 fully saturated rings. The van der Waals surface area contributed by atoms with Gasteiger partial charge in [-0.3, -0.25) is 0 Å². The topological polar surface area (TPSA) is 21.3 Å². The fourth-order valence-corrected chi connectivity index (χ4v) is 2.20. The third-order valence-corrected chi connectivity index (χ3v) is 3.25. The number of ether oxygens (including phenoxy) is 1. The molecule has 1 unspecified atom stereocenters. The van der Waals surface area contributed by atoms with Crippen molar-refractivity contribution in [2.75, 3.05) is 6.54 Å². The zero-order valence-electron chi connectivity index (χ0n) is 9.30. The van der Waals surface area contributed by atoms with E-state index in [0.29, 0.717) is 12.2 Å². The van der Waals surface area contributed by atoms with Crippen molar-refractivity contribution in [3.05, 3.63) is 0 Å². The number of nitrogens with one attached hydrogen (secondary N) is 1. The summed E-state index contributed by atoms with van der Waals surface area (Å²) in [6, 6.07) is 0.812. The average Bonchev–Trinajstić information content (AvgIpc) is 3.00. The molecule has 0 aromatic rings. The van der Waals surface area contributed by atoms with Crippen LogP contribution < -0.4 is 5.32 Å². The third-order valence-electron chi connectivity index (χ3n) is 3.25. The molecule has 2 saturated carbocycles. The molecule has 0 bridgehead atoms. The van der Waals surface area contributed by atoms with Crippen molar-refractivity contribution < 1.29 is 4.74 Å². The Morgan fingerprint density at radius 2 is 1.86 bits per heavy atom. The van der Waals surface area contributed by atoms with E-state index in [4.69, 9.17) is 4.74 Å². The van der Waals surface area contributed by atoms with Crippen LogP contribution in [0, 0.1) is 0 Å². The fraction of sp³-hybridized carbons (Fsp3) is 1.00. The molecule has 82 valence electrons. The molecule has 2 rings (SSSR count). The first kappa shape index (κ1) is 10.4. The van der Waals surface area contributed by atoms with Crippen molar-refractivity contribution in [3.63, 3.8) is 0 Å². The summed E-state index contributed by atoms with van der Waals surface area (Å²) < 4.78 is 6.01. The number of rotatable bonds is 5. The SMILES string of the molecule is CC(CNC1CC1)OC1CCCCC1. The van der Waals surface area contributed by atoms with Crippen LogP contribution in [0.15, 0.2) is 0 Å². The lowest BCUT2D eigenvalue weighted by Gasteiger charge is -2.25. The Balaban J connectivity index is 1.57. The fourth-order valence-electron chi connectivity index (χ4n) is 2.20. The number of hydrogen-bond donors (Lipinski definition) is 1. The van der Waals surface area contributed by atoms with Crippen LogP contribution in [-0.2, 0) is 4.74 Å². The van der Waals surface area contributed by atoms with Gasteiger partial charge in [-0.1, -0.05) is 19.3 Å². The second-order valence-corrected chi connectivity index (χ2v) is 4.89. The first-order valence-electron chi connectivity index (χ1n) is 6.23. The lowest BCUT2D eigenvalue weighted by Crippen LogP contribution is -2.32. The molecule has 0 radical (unpaired) electrons. The van der Waals surface area contributed by atoms with Crippen LogP contribution in [-0.4, -0.2) is 24.8 Å². The lowest BCUT2D eigenvalue weighted by molar-refractivity contribution is -0.0199. The first-order valence-corrected chi connectivity index (χ1v) is 6.23. The Hall–Kier alpha value is -0.0800. The predicted octanol–water partition coefficient (Wildman–Crippen LogP) is 2.48. The van der Waals surface area contributed by atoms with Gasteiger partial charge in [-0.15, -0.1) is 0 Å². The smallest absolute Gasteiger partial charge is 0.0675 e. The van der Waals surface area contributed by atoms with Gasteiger partial charge in [0, 0.05) is 12.6 Å². The summed E-state index contributed by atoms with van der Waals surface area (Å²) in [5.41, 5.74) is 0. The first-order chi connectivity index (χ1) is 6.84. The maximum atomic E-state index is 6.01. The summed E-state index contributed by atoms with van der Waals surface area (Å²) in [6.45, 7) is 3.24. The molecule has 0 heterocycles. The largest absolute Gasteiger partial charge is 0.374 e.